The van der Waals surface area contributed by atoms with Gasteiger partial charge in [0.05, 0.1) is 5.60 Å². The molecule has 1 amide bonds. The summed E-state index contributed by atoms with van der Waals surface area (Å²) in [5.74, 6) is 1.35. The number of carbonyl (C=O) groups excluding carboxylic acids is 1. The Morgan fingerprint density at radius 3 is 2.65 bits per heavy atom. The summed E-state index contributed by atoms with van der Waals surface area (Å²) in [4.78, 5) is 19.9. The van der Waals surface area contributed by atoms with E-state index in [0.29, 0.717) is 23.8 Å². The first-order valence-electron chi connectivity index (χ1n) is 11.0. The zero-order valence-corrected chi connectivity index (χ0v) is 19.4. The number of nitrogens with one attached hydrogen (secondary N) is 2. The Hall–Kier alpha value is -4.04. The van der Waals surface area contributed by atoms with E-state index in [1.54, 1.807) is 26.1 Å². The van der Waals surface area contributed by atoms with Gasteiger partial charge in [0, 0.05) is 12.6 Å². The predicted octanol–water partition coefficient (Wildman–Crippen LogP) is 4.17. The van der Waals surface area contributed by atoms with Gasteiger partial charge in [0.2, 0.25) is 5.82 Å². The molecule has 0 fully saturated rings. The second kappa shape index (κ2) is 9.84. The molecule has 2 heterocycles. The molecule has 0 atom stereocenters. The maximum atomic E-state index is 12.7. The lowest BCUT2D eigenvalue weighted by Crippen LogP contribution is -2.27. The highest BCUT2D eigenvalue weighted by Gasteiger charge is 2.16. The van der Waals surface area contributed by atoms with Crippen molar-refractivity contribution in [1.29, 1.82) is 0 Å². The van der Waals surface area contributed by atoms with Crippen LogP contribution in [0, 0.1) is 6.92 Å². The summed E-state index contributed by atoms with van der Waals surface area (Å²) < 4.78 is 5.73. The number of ether oxygens (including phenoxy) is 1. The van der Waals surface area contributed by atoms with Gasteiger partial charge in [-0.15, -0.1) is 10.2 Å². The normalized spacial score (nSPS) is 11.3. The zero-order chi connectivity index (χ0) is 24.1. The molecule has 3 N–H and O–H groups in total. The second-order valence-corrected chi connectivity index (χ2v) is 8.74. The Morgan fingerprint density at radius 1 is 1.09 bits per heavy atom. The number of anilines is 1. The summed E-state index contributed by atoms with van der Waals surface area (Å²) >= 11 is 0. The maximum absolute atomic E-state index is 12.7. The van der Waals surface area contributed by atoms with Gasteiger partial charge in [0.25, 0.3) is 5.91 Å². The number of aromatic amines is 1. The lowest BCUT2D eigenvalue weighted by Gasteiger charge is -2.18. The Morgan fingerprint density at radius 2 is 1.88 bits per heavy atom. The maximum Gasteiger partial charge on any atom is 0.294 e. The first-order chi connectivity index (χ1) is 16.3. The summed E-state index contributed by atoms with van der Waals surface area (Å²) in [5, 5.41) is 20.7. The highest BCUT2D eigenvalue weighted by molar-refractivity contribution is 6.01. The van der Waals surface area contributed by atoms with Crippen molar-refractivity contribution in [3.63, 3.8) is 0 Å². The smallest absolute Gasteiger partial charge is 0.294 e. The van der Waals surface area contributed by atoms with E-state index in [4.69, 9.17) is 4.74 Å². The van der Waals surface area contributed by atoms with E-state index in [1.165, 1.54) is 0 Å². The van der Waals surface area contributed by atoms with Gasteiger partial charge in [-0.25, -0.2) is 4.98 Å². The molecule has 0 saturated heterocycles. The molecular formula is C26H27N5O3. The van der Waals surface area contributed by atoms with Crippen LogP contribution in [0.15, 0.2) is 66.9 Å². The van der Waals surface area contributed by atoms with Crippen molar-refractivity contribution in [2.24, 2.45) is 0 Å². The molecule has 2 aromatic heterocycles. The van der Waals surface area contributed by atoms with Gasteiger partial charge in [0.1, 0.15) is 24.0 Å². The van der Waals surface area contributed by atoms with Crippen molar-refractivity contribution in [1.82, 2.24) is 20.2 Å². The van der Waals surface area contributed by atoms with Crippen LogP contribution in [-0.2, 0) is 6.42 Å². The summed E-state index contributed by atoms with van der Waals surface area (Å²) in [6.07, 6.45) is 2.19. The SMILES string of the molecule is Cc1ccc(OCC(C)(C)O)cc1-c1ccnc(NC(=O)c2nnc(Cc3ccccc3)[nH]2)c1. The van der Waals surface area contributed by atoms with Crippen molar-refractivity contribution >= 4 is 11.7 Å². The Kier molecular flexibility index (Phi) is 6.70. The fourth-order valence-corrected chi connectivity index (χ4v) is 3.37. The van der Waals surface area contributed by atoms with Gasteiger partial charge >= 0.3 is 0 Å². The van der Waals surface area contributed by atoms with Crippen molar-refractivity contribution < 1.29 is 14.6 Å². The van der Waals surface area contributed by atoms with Crippen LogP contribution in [0.25, 0.3) is 11.1 Å². The van der Waals surface area contributed by atoms with Crippen LogP contribution in [0.5, 0.6) is 5.75 Å². The number of pyridine rings is 1. The van der Waals surface area contributed by atoms with Crippen molar-refractivity contribution in [3.05, 3.63) is 89.6 Å². The lowest BCUT2D eigenvalue weighted by atomic mass is 10.0. The number of nitrogens with zero attached hydrogens (tertiary/aromatic N) is 3. The molecule has 8 heteroatoms. The van der Waals surface area contributed by atoms with E-state index in [1.807, 2.05) is 61.5 Å². The third-order valence-corrected chi connectivity index (χ3v) is 5.08. The van der Waals surface area contributed by atoms with E-state index in [9.17, 15) is 9.90 Å². The van der Waals surface area contributed by atoms with Gasteiger partial charge in [-0.3, -0.25) is 4.79 Å². The predicted molar refractivity (Wildman–Crippen MR) is 130 cm³/mol. The van der Waals surface area contributed by atoms with Crippen molar-refractivity contribution in [2.75, 3.05) is 11.9 Å². The van der Waals surface area contributed by atoms with Crippen molar-refractivity contribution in [2.45, 2.75) is 32.8 Å². The topological polar surface area (TPSA) is 113 Å². The van der Waals surface area contributed by atoms with Crippen LogP contribution < -0.4 is 10.1 Å². The average molecular weight is 458 g/mol. The summed E-state index contributed by atoms with van der Waals surface area (Å²) in [6.45, 7) is 5.56. The summed E-state index contributed by atoms with van der Waals surface area (Å²) in [7, 11) is 0. The number of aliphatic hydroxyl groups is 1. The summed E-state index contributed by atoms with van der Waals surface area (Å²) in [5.41, 5.74) is 3.00. The van der Waals surface area contributed by atoms with Gasteiger partial charge in [-0.05, 0) is 67.3 Å². The third kappa shape index (κ3) is 6.05. The molecule has 0 aliphatic carbocycles. The summed E-state index contributed by atoms with van der Waals surface area (Å²) in [6, 6.07) is 19.2. The van der Waals surface area contributed by atoms with Crippen LogP contribution in [-0.4, -0.2) is 43.4 Å². The van der Waals surface area contributed by atoms with E-state index in [-0.39, 0.29) is 12.4 Å². The van der Waals surface area contributed by atoms with Gasteiger partial charge in [0.15, 0.2) is 0 Å². The van der Waals surface area contributed by atoms with Crippen LogP contribution in [0.3, 0.4) is 0 Å². The number of benzene rings is 2. The first-order valence-corrected chi connectivity index (χ1v) is 11.0. The second-order valence-electron chi connectivity index (χ2n) is 8.74. The Bertz CT molecular complexity index is 1280. The average Bonchev–Trinajstić information content (AvgIpc) is 3.27. The fourth-order valence-electron chi connectivity index (χ4n) is 3.37. The van der Waals surface area contributed by atoms with Crippen LogP contribution in [0.1, 0.15) is 41.4 Å². The van der Waals surface area contributed by atoms with Crippen LogP contribution in [0.2, 0.25) is 0 Å². The highest BCUT2D eigenvalue weighted by Crippen LogP contribution is 2.29. The van der Waals surface area contributed by atoms with E-state index >= 15 is 0 Å². The van der Waals surface area contributed by atoms with Gasteiger partial charge in [-0.2, -0.15) is 0 Å². The quantitative estimate of drug-likeness (QED) is 0.366. The molecule has 34 heavy (non-hydrogen) atoms. The molecule has 2 aromatic carbocycles. The van der Waals surface area contributed by atoms with Crippen LogP contribution in [0.4, 0.5) is 5.82 Å². The molecule has 4 rings (SSSR count). The number of amides is 1. The molecule has 0 unspecified atom stereocenters. The highest BCUT2D eigenvalue weighted by atomic mass is 16.5. The number of H-pyrrole nitrogens is 1. The first kappa shape index (κ1) is 23.1. The third-order valence-electron chi connectivity index (χ3n) is 5.08. The number of hydrogen-bond acceptors (Lipinski definition) is 6. The molecule has 0 radical (unpaired) electrons. The largest absolute Gasteiger partial charge is 0.491 e. The molecule has 174 valence electrons. The molecule has 8 nitrogen and oxygen atoms in total. The molecule has 0 aliphatic rings. The molecule has 0 aliphatic heterocycles. The zero-order valence-electron chi connectivity index (χ0n) is 19.4. The van der Waals surface area contributed by atoms with Crippen molar-refractivity contribution in [3.8, 4) is 16.9 Å². The number of aryl methyl sites for hydroxylation is 1. The standard InChI is InChI=1S/C26H27N5O3/c1-17-9-10-20(34-16-26(2,3)33)15-21(17)19-11-12-27-22(14-19)29-25(32)24-28-23(30-31-24)13-18-7-5-4-6-8-18/h4-12,14-15,33H,13,16H2,1-3H3,(H,27,29,32)(H,28,30,31). The van der Waals surface area contributed by atoms with Gasteiger partial charge < -0.3 is 20.1 Å². The minimum Gasteiger partial charge on any atom is -0.491 e. The molecule has 0 bridgehead atoms. The molecule has 4 aromatic rings. The number of carbonyl (C=O) groups is 1. The molecule has 0 spiro atoms. The van der Waals surface area contributed by atoms with Crippen LogP contribution >= 0.6 is 0 Å². The van der Waals surface area contributed by atoms with Gasteiger partial charge in [-0.1, -0.05) is 36.4 Å². The minimum atomic E-state index is -0.930. The number of hydrogen-bond donors (Lipinski definition) is 3. The minimum absolute atomic E-state index is 0.122. The lowest BCUT2D eigenvalue weighted by molar-refractivity contribution is 0.0285. The van der Waals surface area contributed by atoms with E-state index < -0.39 is 11.5 Å². The number of rotatable bonds is 8. The Balaban J connectivity index is 1.47. The number of aromatic nitrogens is 4. The fraction of sp³-hybridized carbons (Fsp3) is 0.231. The molecular weight excluding hydrogens is 430 g/mol. The van der Waals surface area contributed by atoms with E-state index in [2.05, 4.69) is 25.5 Å². The Labute approximate surface area is 198 Å². The van der Waals surface area contributed by atoms with E-state index in [0.717, 1.165) is 22.3 Å². The molecule has 0 saturated carbocycles. The monoisotopic (exact) mass is 457 g/mol.